The van der Waals surface area contributed by atoms with Gasteiger partial charge >= 0.3 is 0 Å². The van der Waals surface area contributed by atoms with E-state index < -0.39 is 0 Å². The van der Waals surface area contributed by atoms with E-state index in [0.717, 1.165) is 31.6 Å². The van der Waals surface area contributed by atoms with Gasteiger partial charge in [-0.05, 0) is 25.2 Å². The summed E-state index contributed by atoms with van der Waals surface area (Å²) in [6.07, 6.45) is 11.4. The minimum absolute atomic E-state index is 0.104. The Morgan fingerprint density at radius 2 is 1.91 bits per heavy atom. The molecule has 2 rings (SSSR count). The van der Waals surface area contributed by atoms with E-state index >= 15 is 0 Å². The van der Waals surface area contributed by atoms with Gasteiger partial charge in [0, 0.05) is 12.6 Å². The first-order chi connectivity index (χ1) is 10.6. The molecule has 5 heteroatoms. The number of carbonyl (C=O) groups is 1. The van der Waals surface area contributed by atoms with Gasteiger partial charge in [0.25, 0.3) is 5.91 Å². The third-order valence-corrected chi connectivity index (χ3v) is 4.10. The van der Waals surface area contributed by atoms with Crippen LogP contribution in [-0.4, -0.2) is 28.5 Å². The van der Waals surface area contributed by atoms with E-state index in [1.165, 1.54) is 25.7 Å². The molecule has 0 atom stereocenters. The van der Waals surface area contributed by atoms with Gasteiger partial charge in [-0.25, -0.2) is 9.97 Å². The number of rotatable bonds is 6. The molecule has 1 aliphatic rings. The van der Waals surface area contributed by atoms with Gasteiger partial charge in [0.2, 0.25) is 0 Å². The van der Waals surface area contributed by atoms with Crippen LogP contribution in [0.3, 0.4) is 0 Å². The lowest BCUT2D eigenvalue weighted by atomic mass is 10.1. The highest BCUT2D eigenvalue weighted by Crippen LogP contribution is 2.17. The summed E-state index contributed by atoms with van der Waals surface area (Å²) in [5.74, 6) is 1.28. The Labute approximate surface area is 133 Å². The molecule has 22 heavy (non-hydrogen) atoms. The smallest absolute Gasteiger partial charge is 0.271 e. The summed E-state index contributed by atoms with van der Waals surface area (Å²) >= 11 is 0. The molecule has 1 aromatic rings. The van der Waals surface area contributed by atoms with Crippen molar-refractivity contribution in [2.24, 2.45) is 5.92 Å². The predicted octanol–water partition coefficient (Wildman–Crippen LogP) is 3.39. The quantitative estimate of drug-likeness (QED) is 0.791. The van der Waals surface area contributed by atoms with Crippen molar-refractivity contribution in [1.29, 1.82) is 0 Å². The average Bonchev–Trinajstić information content (AvgIpc) is 2.76. The second-order valence-electron chi connectivity index (χ2n) is 6.56. The summed E-state index contributed by atoms with van der Waals surface area (Å²) in [7, 11) is 0. The molecule has 0 unspecified atom stereocenters. The SMILES string of the molecule is CC(C)CCNc1cnc(C(=O)NC2CCCCCC2)cn1. The topological polar surface area (TPSA) is 66.9 Å². The lowest BCUT2D eigenvalue weighted by molar-refractivity contribution is 0.0928. The minimum atomic E-state index is -0.104. The third kappa shape index (κ3) is 5.62. The number of hydrogen-bond donors (Lipinski definition) is 2. The van der Waals surface area contributed by atoms with Crippen molar-refractivity contribution < 1.29 is 4.79 Å². The molecule has 0 spiro atoms. The second-order valence-corrected chi connectivity index (χ2v) is 6.56. The number of anilines is 1. The third-order valence-electron chi connectivity index (χ3n) is 4.10. The number of nitrogens with one attached hydrogen (secondary N) is 2. The second kappa shape index (κ2) is 8.71. The van der Waals surface area contributed by atoms with Crippen molar-refractivity contribution in [2.45, 2.75) is 64.8 Å². The molecule has 1 aromatic heterocycles. The molecule has 122 valence electrons. The zero-order valence-corrected chi connectivity index (χ0v) is 13.8. The molecule has 1 heterocycles. The molecule has 0 saturated heterocycles. The van der Waals surface area contributed by atoms with Crippen molar-refractivity contribution in [3.05, 3.63) is 18.1 Å². The van der Waals surface area contributed by atoms with Crippen molar-refractivity contribution in [3.8, 4) is 0 Å². The van der Waals surface area contributed by atoms with Crippen molar-refractivity contribution in [2.75, 3.05) is 11.9 Å². The Balaban J connectivity index is 1.82. The van der Waals surface area contributed by atoms with Crippen LogP contribution in [0.4, 0.5) is 5.82 Å². The maximum absolute atomic E-state index is 12.2. The normalized spacial score (nSPS) is 16.3. The van der Waals surface area contributed by atoms with Crippen LogP contribution in [0.1, 0.15) is 69.3 Å². The molecule has 1 amide bonds. The fourth-order valence-electron chi connectivity index (χ4n) is 2.71. The largest absolute Gasteiger partial charge is 0.369 e. The van der Waals surface area contributed by atoms with Gasteiger partial charge in [0.1, 0.15) is 11.5 Å². The van der Waals surface area contributed by atoms with Gasteiger partial charge in [-0.1, -0.05) is 39.5 Å². The molecular formula is C17H28N4O. The van der Waals surface area contributed by atoms with Crippen LogP contribution in [0.15, 0.2) is 12.4 Å². The first kappa shape index (κ1) is 16.7. The number of hydrogen-bond acceptors (Lipinski definition) is 4. The lowest BCUT2D eigenvalue weighted by Crippen LogP contribution is -2.34. The van der Waals surface area contributed by atoms with E-state index in [1.54, 1.807) is 12.4 Å². The highest BCUT2D eigenvalue weighted by Gasteiger charge is 2.16. The van der Waals surface area contributed by atoms with Crippen LogP contribution in [0, 0.1) is 5.92 Å². The van der Waals surface area contributed by atoms with E-state index in [-0.39, 0.29) is 5.91 Å². The highest BCUT2D eigenvalue weighted by atomic mass is 16.1. The highest BCUT2D eigenvalue weighted by molar-refractivity contribution is 5.92. The molecule has 0 radical (unpaired) electrons. The molecule has 5 nitrogen and oxygen atoms in total. The number of nitrogens with zero attached hydrogens (tertiary/aromatic N) is 2. The van der Waals surface area contributed by atoms with Crippen LogP contribution in [0.5, 0.6) is 0 Å². The van der Waals surface area contributed by atoms with E-state index in [1.807, 2.05) is 0 Å². The molecule has 0 bridgehead atoms. The summed E-state index contributed by atoms with van der Waals surface area (Å²) < 4.78 is 0. The fraction of sp³-hybridized carbons (Fsp3) is 0.706. The van der Waals surface area contributed by atoms with E-state index in [2.05, 4.69) is 34.4 Å². The summed E-state index contributed by atoms with van der Waals surface area (Å²) in [5, 5.41) is 6.32. The summed E-state index contributed by atoms with van der Waals surface area (Å²) in [6.45, 7) is 5.25. The molecule has 1 aliphatic carbocycles. The zero-order chi connectivity index (χ0) is 15.8. The maximum Gasteiger partial charge on any atom is 0.271 e. The molecule has 1 fully saturated rings. The standard InChI is InChI=1S/C17H28N4O/c1-13(2)9-10-18-16-12-19-15(11-20-16)17(22)21-14-7-5-3-4-6-8-14/h11-14H,3-10H2,1-2H3,(H,18,20)(H,21,22). The van der Waals surface area contributed by atoms with Gasteiger partial charge in [-0.3, -0.25) is 4.79 Å². The van der Waals surface area contributed by atoms with Crippen LogP contribution in [-0.2, 0) is 0 Å². The Morgan fingerprint density at radius 1 is 1.18 bits per heavy atom. The monoisotopic (exact) mass is 304 g/mol. The van der Waals surface area contributed by atoms with Gasteiger partial charge < -0.3 is 10.6 Å². The van der Waals surface area contributed by atoms with Crippen LogP contribution >= 0.6 is 0 Å². The van der Waals surface area contributed by atoms with Gasteiger partial charge in [0.15, 0.2) is 0 Å². The van der Waals surface area contributed by atoms with Crippen molar-refractivity contribution >= 4 is 11.7 Å². The van der Waals surface area contributed by atoms with E-state index in [0.29, 0.717) is 17.7 Å². The molecule has 0 aliphatic heterocycles. The Morgan fingerprint density at radius 3 is 2.50 bits per heavy atom. The Bertz CT molecular complexity index is 450. The Hall–Kier alpha value is -1.65. The van der Waals surface area contributed by atoms with E-state index in [4.69, 9.17) is 0 Å². The first-order valence-electron chi connectivity index (χ1n) is 8.52. The van der Waals surface area contributed by atoms with Crippen molar-refractivity contribution in [3.63, 3.8) is 0 Å². The molecule has 1 saturated carbocycles. The number of aromatic nitrogens is 2. The molecular weight excluding hydrogens is 276 g/mol. The van der Waals surface area contributed by atoms with Crippen LogP contribution < -0.4 is 10.6 Å². The average molecular weight is 304 g/mol. The van der Waals surface area contributed by atoms with Gasteiger partial charge in [-0.15, -0.1) is 0 Å². The molecule has 2 N–H and O–H groups in total. The van der Waals surface area contributed by atoms with Crippen LogP contribution in [0.25, 0.3) is 0 Å². The summed E-state index contributed by atoms with van der Waals surface area (Å²) in [6, 6.07) is 0.292. The lowest BCUT2D eigenvalue weighted by Gasteiger charge is -2.15. The predicted molar refractivity (Wildman–Crippen MR) is 88.9 cm³/mol. The maximum atomic E-state index is 12.2. The fourth-order valence-corrected chi connectivity index (χ4v) is 2.71. The Kier molecular flexibility index (Phi) is 6.62. The van der Waals surface area contributed by atoms with Crippen molar-refractivity contribution in [1.82, 2.24) is 15.3 Å². The number of amides is 1. The minimum Gasteiger partial charge on any atom is -0.369 e. The van der Waals surface area contributed by atoms with Gasteiger partial charge in [-0.2, -0.15) is 0 Å². The zero-order valence-electron chi connectivity index (χ0n) is 13.8. The van der Waals surface area contributed by atoms with Gasteiger partial charge in [0.05, 0.1) is 12.4 Å². The summed E-state index contributed by atoms with van der Waals surface area (Å²) in [4.78, 5) is 20.7. The van der Waals surface area contributed by atoms with Crippen LogP contribution in [0.2, 0.25) is 0 Å². The van der Waals surface area contributed by atoms with E-state index in [9.17, 15) is 4.79 Å². The first-order valence-corrected chi connectivity index (χ1v) is 8.52. The number of carbonyl (C=O) groups excluding carboxylic acids is 1. The summed E-state index contributed by atoms with van der Waals surface area (Å²) in [5.41, 5.74) is 0.402. The molecule has 0 aromatic carbocycles.